The van der Waals surface area contributed by atoms with Crippen molar-refractivity contribution in [2.24, 2.45) is 0 Å². The second-order valence-corrected chi connectivity index (χ2v) is 9.90. The van der Waals surface area contributed by atoms with Crippen LogP contribution in [0.25, 0.3) is 22.3 Å². The highest BCUT2D eigenvalue weighted by Crippen LogP contribution is 2.33. The Kier molecular flexibility index (Phi) is 8.51. The molecule has 0 spiro atoms. The smallest absolute Gasteiger partial charge is 0.308 e. The summed E-state index contributed by atoms with van der Waals surface area (Å²) in [6, 6.07) is 9.25. The summed E-state index contributed by atoms with van der Waals surface area (Å²) in [7, 11) is 0. The van der Waals surface area contributed by atoms with Crippen molar-refractivity contribution in [2.75, 3.05) is 6.61 Å². The Labute approximate surface area is 231 Å². The lowest BCUT2D eigenvalue weighted by Crippen LogP contribution is -2.60. The summed E-state index contributed by atoms with van der Waals surface area (Å²) in [5.74, 6) is -2.90. The minimum Gasteiger partial charge on any atom is -0.508 e. The topological polar surface area (TPSA) is 234 Å². The van der Waals surface area contributed by atoms with Crippen LogP contribution in [0, 0.1) is 0 Å². The number of hydrogen-bond donors (Lipinski definition) is 7. The first-order valence-corrected chi connectivity index (χ1v) is 12.3. The number of esters is 1. The first-order chi connectivity index (χ1) is 19.2. The lowest BCUT2D eigenvalue weighted by atomic mass is 9.98. The van der Waals surface area contributed by atoms with Crippen LogP contribution >= 0.6 is 0 Å². The fraction of sp³-hybridized carbons (Fsp3) is 0.370. The summed E-state index contributed by atoms with van der Waals surface area (Å²) in [6.45, 7) is 0.480. The summed E-state index contributed by atoms with van der Waals surface area (Å²) < 4.78 is 21.8. The Hall–Kier alpha value is -4.21. The number of aromatic hydroxyl groups is 2. The fourth-order valence-electron chi connectivity index (χ4n) is 4.29. The van der Waals surface area contributed by atoms with Gasteiger partial charge in [0.2, 0.25) is 6.29 Å². The summed E-state index contributed by atoms with van der Waals surface area (Å²) in [5, 5.41) is 69.7. The number of phenols is 2. The van der Waals surface area contributed by atoms with Gasteiger partial charge in [-0.1, -0.05) is 0 Å². The van der Waals surface area contributed by atoms with Gasteiger partial charge in [-0.2, -0.15) is 0 Å². The van der Waals surface area contributed by atoms with Crippen molar-refractivity contribution in [3.63, 3.8) is 0 Å². The molecule has 41 heavy (non-hydrogen) atoms. The number of rotatable bonds is 9. The van der Waals surface area contributed by atoms with Crippen LogP contribution in [0.5, 0.6) is 17.2 Å². The van der Waals surface area contributed by atoms with Gasteiger partial charge < -0.3 is 54.4 Å². The molecule has 3 aromatic rings. The van der Waals surface area contributed by atoms with E-state index >= 15 is 0 Å². The predicted octanol–water partition coefficient (Wildman–Crippen LogP) is 0.217. The zero-order valence-electron chi connectivity index (χ0n) is 21.5. The van der Waals surface area contributed by atoms with E-state index in [2.05, 4.69) is 0 Å². The summed E-state index contributed by atoms with van der Waals surface area (Å²) in [4.78, 5) is 35.6. The lowest BCUT2D eigenvalue weighted by molar-refractivity contribution is -0.278. The van der Waals surface area contributed by atoms with E-state index in [1.807, 2.05) is 0 Å². The van der Waals surface area contributed by atoms with E-state index in [1.165, 1.54) is 30.3 Å². The molecule has 1 saturated heterocycles. The van der Waals surface area contributed by atoms with E-state index in [-0.39, 0.29) is 28.2 Å². The third kappa shape index (κ3) is 6.93. The van der Waals surface area contributed by atoms with Gasteiger partial charge in [-0.05, 0) is 31.2 Å². The van der Waals surface area contributed by atoms with Crippen molar-refractivity contribution in [3.8, 4) is 28.6 Å². The third-order valence-electron chi connectivity index (χ3n) is 6.32. The van der Waals surface area contributed by atoms with Crippen LogP contribution < -0.4 is 10.2 Å². The Bertz CT molecular complexity index is 1480. The van der Waals surface area contributed by atoms with Crippen molar-refractivity contribution in [2.45, 2.75) is 56.1 Å². The average molecular weight is 577 g/mol. The monoisotopic (exact) mass is 576 g/mol. The van der Waals surface area contributed by atoms with Gasteiger partial charge in [-0.25, -0.2) is 0 Å². The van der Waals surface area contributed by atoms with Crippen LogP contribution in [0.3, 0.4) is 0 Å². The van der Waals surface area contributed by atoms with E-state index in [0.717, 1.165) is 19.1 Å². The molecule has 14 nitrogen and oxygen atoms in total. The van der Waals surface area contributed by atoms with E-state index in [0.29, 0.717) is 5.56 Å². The summed E-state index contributed by atoms with van der Waals surface area (Å²) >= 11 is 0. The molecule has 7 N–H and O–H groups in total. The Morgan fingerprint density at radius 1 is 0.976 bits per heavy atom. The summed E-state index contributed by atoms with van der Waals surface area (Å²) in [6.07, 6.45) is -9.83. The van der Waals surface area contributed by atoms with Crippen LogP contribution in [0.2, 0.25) is 0 Å². The highest BCUT2D eigenvalue weighted by molar-refractivity contribution is 5.86. The van der Waals surface area contributed by atoms with Gasteiger partial charge in [0.05, 0.1) is 18.4 Å². The van der Waals surface area contributed by atoms with E-state index in [9.17, 15) is 45.0 Å². The minimum absolute atomic E-state index is 0.00157. The maximum absolute atomic E-state index is 12.7. The normalized spacial score (nSPS) is 24.0. The van der Waals surface area contributed by atoms with Gasteiger partial charge in [-0.3, -0.25) is 14.4 Å². The second kappa shape index (κ2) is 11.7. The van der Waals surface area contributed by atoms with E-state index in [4.69, 9.17) is 23.7 Å². The maximum atomic E-state index is 12.7. The van der Waals surface area contributed by atoms with Gasteiger partial charge in [0.25, 0.3) is 0 Å². The first kappa shape index (κ1) is 29.8. The van der Waals surface area contributed by atoms with Gasteiger partial charge in [-0.15, -0.1) is 0 Å². The Morgan fingerprint density at radius 2 is 1.66 bits per heavy atom. The number of carboxylic acids is 1. The number of carbonyl (C=O) groups excluding carboxylic acids is 1. The number of phenolic OH excluding ortho intramolecular Hbond substituents is 2. The van der Waals surface area contributed by atoms with Crippen molar-refractivity contribution in [3.05, 3.63) is 52.7 Å². The molecule has 220 valence electrons. The first-order valence-electron chi connectivity index (χ1n) is 12.3. The molecule has 0 unspecified atom stereocenters. The molecule has 2 aromatic carbocycles. The summed E-state index contributed by atoms with van der Waals surface area (Å²) in [5.41, 5.74) is -2.11. The van der Waals surface area contributed by atoms with Crippen LogP contribution in [-0.2, 0) is 19.1 Å². The number of benzene rings is 2. The van der Waals surface area contributed by atoms with Crippen LogP contribution in [-0.4, -0.2) is 90.6 Å². The third-order valence-corrected chi connectivity index (χ3v) is 6.32. The molecule has 1 aliphatic rings. The molecule has 1 fully saturated rings. The van der Waals surface area contributed by atoms with Gasteiger partial charge in [0.15, 0.2) is 5.43 Å². The largest absolute Gasteiger partial charge is 0.508 e. The van der Waals surface area contributed by atoms with Gasteiger partial charge >= 0.3 is 11.9 Å². The molecule has 4 rings (SSSR count). The molecule has 14 heteroatoms. The average Bonchev–Trinajstić information content (AvgIpc) is 2.87. The van der Waals surface area contributed by atoms with Crippen LogP contribution in [0.15, 0.2) is 51.7 Å². The zero-order chi connectivity index (χ0) is 30.1. The number of carboxylic acid groups (broad SMARTS) is 1. The maximum Gasteiger partial charge on any atom is 0.308 e. The van der Waals surface area contributed by atoms with Crippen molar-refractivity contribution in [1.82, 2.24) is 0 Å². The molecule has 2 heterocycles. The van der Waals surface area contributed by atoms with E-state index < -0.39 is 78.9 Å². The van der Waals surface area contributed by atoms with Crippen molar-refractivity contribution >= 4 is 22.9 Å². The number of carbonyl (C=O) groups is 2. The molecule has 0 aliphatic carbocycles. The molecule has 6 atom stereocenters. The fourth-order valence-corrected chi connectivity index (χ4v) is 4.29. The number of aliphatic hydroxyl groups is 4. The number of aliphatic carboxylic acids is 1. The molecular formula is C27H28O14. The van der Waals surface area contributed by atoms with Crippen molar-refractivity contribution in [1.29, 1.82) is 0 Å². The van der Waals surface area contributed by atoms with E-state index in [1.54, 1.807) is 0 Å². The van der Waals surface area contributed by atoms with Crippen LogP contribution in [0.4, 0.5) is 0 Å². The SMILES string of the molecule is C[C@@](O)(CC(=O)O)CC(=O)OC[C@H]1O[C@@H](Oc2cc(O)c3c(=O)cc(-c4ccc(O)cc4)oc3c2)[C@H](O)[C@@H](O)[C@@H]1O. The standard InChI is InChI=1S/C27H28O14/c1-27(37,9-20(31)32)10-21(33)38-11-19-23(34)24(35)25(36)26(41-19)39-14-6-15(29)22-16(30)8-17(40-18(22)7-14)12-2-4-13(28)5-3-12/h2-8,19,23-26,28-29,34-37H,9-11H2,1H3,(H,31,32)/t19-,23-,24+,25-,26-,27-/m1/s1. The Balaban J connectivity index is 1.52. The highest BCUT2D eigenvalue weighted by Gasteiger charge is 2.45. The quantitative estimate of drug-likeness (QED) is 0.169. The molecule has 1 aromatic heterocycles. The molecule has 0 radical (unpaired) electrons. The molecule has 0 saturated carbocycles. The van der Waals surface area contributed by atoms with Gasteiger partial charge in [0, 0.05) is 23.8 Å². The lowest BCUT2D eigenvalue weighted by Gasteiger charge is -2.40. The second-order valence-electron chi connectivity index (χ2n) is 9.90. The molecule has 0 amide bonds. The number of aliphatic hydroxyl groups excluding tert-OH is 3. The minimum atomic E-state index is -1.90. The zero-order valence-corrected chi connectivity index (χ0v) is 21.5. The molecular weight excluding hydrogens is 548 g/mol. The predicted molar refractivity (Wildman–Crippen MR) is 137 cm³/mol. The van der Waals surface area contributed by atoms with Crippen LogP contribution in [0.1, 0.15) is 19.8 Å². The van der Waals surface area contributed by atoms with Crippen molar-refractivity contribution < 1.29 is 64.0 Å². The highest BCUT2D eigenvalue weighted by atomic mass is 16.7. The van der Waals surface area contributed by atoms with Gasteiger partial charge in [0.1, 0.15) is 65.0 Å². The molecule has 0 bridgehead atoms. The number of ether oxygens (including phenoxy) is 3. The number of fused-ring (bicyclic) bond motifs is 1. The molecule has 1 aliphatic heterocycles. The Morgan fingerprint density at radius 3 is 2.32 bits per heavy atom. The number of hydrogen-bond acceptors (Lipinski definition) is 13.